The normalized spacial score (nSPS) is 13.4. The van der Waals surface area contributed by atoms with Crippen LogP contribution in [0.15, 0.2) is 156 Å². The van der Waals surface area contributed by atoms with Crippen LogP contribution in [0.25, 0.3) is 89.0 Å². The fourth-order valence-electron chi connectivity index (χ4n) is 7.09. The third kappa shape index (κ3) is 5.22. The van der Waals surface area contributed by atoms with Gasteiger partial charge < -0.3 is 4.42 Å². The molecule has 0 amide bonds. The first kappa shape index (κ1) is 29.7. The second-order valence-electron chi connectivity index (χ2n) is 12.6. The Morgan fingerprint density at radius 3 is 2.28 bits per heavy atom. The van der Waals surface area contributed by atoms with Crippen LogP contribution in [0.1, 0.15) is 31.2 Å². The van der Waals surface area contributed by atoms with Crippen LogP contribution in [-0.4, -0.2) is 15.0 Å². The lowest BCUT2D eigenvalue weighted by Gasteiger charge is -2.11. The highest BCUT2D eigenvalue weighted by molar-refractivity contribution is 6.16. The first-order chi connectivity index (χ1) is 24.7. The fraction of sp³-hybridized carbons (Fsp3) is 0.0652. The van der Waals surface area contributed by atoms with Gasteiger partial charge in [0.1, 0.15) is 11.2 Å². The average Bonchev–Trinajstić information content (AvgIpc) is 3.58. The van der Waals surface area contributed by atoms with Crippen LogP contribution in [0.3, 0.4) is 0 Å². The van der Waals surface area contributed by atoms with Crippen molar-refractivity contribution in [3.63, 3.8) is 0 Å². The van der Waals surface area contributed by atoms with Gasteiger partial charge in [0.05, 0.1) is 0 Å². The number of benzene rings is 6. The number of rotatable bonds is 6. The fourth-order valence-corrected chi connectivity index (χ4v) is 7.09. The van der Waals surface area contributed by atoms with Crippen molar-refractivity contribution in [1.29, 1.82) is 0 Å². The van der Waals surface area contributed by atoms with Crippen molar-refractivity contribution in [1.82, 2.24) is 15.0 Å². The quantitative estimate of drug-likeness (QED) is 0.134. The molecule has 6 aromatic carbocycles. The van der Waals surface area contributed by atoms with Crippen molar-refractivity contribution >= 4 is 55.1 Å². The Balaban J connectivity index is 1.24. The topological polar surface area (TPSA) is 51.8 Å². The summed E-state index contributed by atoms with van der Waals surface area (Å²) in [5.41, 5.74) is 7.88. The minimum atomic E-state index is 0.628. The van der Waals surface area contributed by atoms with E-state index in [4.69, 9.17) is 19.4 Å². The van der Waals surface area contributed by atoms with E-state index in [9.17, 15) is 0 Å². The van der Waals surface area contributed by atoms with Crippen LogP contribution in [0.2, 0.25) is 0 Å². The molecule has 0 saturated carbocycles. The summed E-state index contributed by atoms with van der Waals surface area (Å²) < 4.78 is 6.74. The first-order valence-corrected chi connectivity index (χ1v) is 17.1. The Morgan fingerprint density at radius 2 is 1.40 bits per heavy atom. The zero-order chi connectivity index (χ0) is 33.4. The molecular weight excluding hydrogens is 611 g/mol. The van der Waals surface area contributed by atoms with Gasteiger partial charge in [0.2, 0.25) is 0 Å². The summed E-state index contributed by atoms with van der Waals surface area (Å²) in [4.78, 5) is 15.1. The average molecular weight is 644 g/mol. The smallest absolute Gasteiger partial charge is 0.164 e. The molecule has 1 aliphatic rings. The van der Waals surface area contributed by atoms with Gasteiger partial charge in [0.15, 0.2) is 17.5 Å². The van der Waals surface area contributed by atoms with Crippen molar-refractivity contribution in [3.05, 3.63) is 163 Å². The van der Waals surface area contributed by atoms with Crippen LogP contribution in [0.4, 0.5) is 0 Å². The van der Waals surface area contributed by atoms with Gasteiger partial charge in [0, 0.05) is 33.0 Å². The number of aromatic nitrogens is 3. The van der Waals surface area contributed by atoms with Crippen molar-refractivity contribution in [2.75, 3.05) is 0 Å². The monoisotopic (exact) mass is 643 g/mol. The van der Waals surface area contributed by atoms with Gasteiger partial charge in [-0.1, -0.05) is 140 Å². The molecule has 2 aromatic heterocycles. The van der Waals surface area contributed by atoms with Crippen LogP contribution < -0.4 is 0 Å². The van der Waals surface area contributed by atoms with Crippen LogP contribution in [0, 0.1) is 0 Å². The lowest BCUT2D eigenvalue weighted by molar-refractivity contribution is 0.670. The minimum Gasteiger partial charge on any atom is -0.455 e. The Hall–Kier alpha value is -6.39. The number of nitrogens with zero attached hydrogens (tertiary/aromatic N) is 3. The molecule has 0 unspecified atom stereocenters. The molecule has 9 rings (SSSR count). The van der Waals surface area contributed by atoms with Gasteiger partial charge in [-0.25, -0.2) is 15.0 Å². The molecule has 1 aliphatic carbocycles. The summed E-state index contributed by atoms with van der Waals surface area (Å²) in [6, 6.07) is 40.3. The van der Waals surface area contributed by atoms with Crippen molar-refractivity contribution in [2.24, 2.45) is 0 Å². The second-order valence-corrected chi connectivity index (χ2v) is 12.6. The third-order valence-electron chi connectivity index (χ3n) is 9.47. The van der Waals surface area contributed by atoms with E-state index in [-0.39, 0.29) is 0 Å². The molecule has 0 spiro atoms. The van der Waals surface area contributed by atoms with Gasteiger partial charge in [-0.05, 0) is 70.6 Å². The predicted octanol–water partition coefficient (Wildman–Crippen LogP) is 12.4. The summed E-state index contributed by atoms with van der Waals surface area (Å²) >= 11 is 0. The van der Waals surface area contributed by atoms with E-state index in [0.717, 1.165) is 62.6 Å². The van der Waals surface area contributed by atoms with E-state index >= 15 is 0 Å². The van der Waals surface area contributed by atoms with Crippen molar-refractivity contribution in [3.8, 4) is 33.9 Å². The number of para-hydroxylation sites is 1. The van der Waals surface area contributed by atoms with E-state index in [2.05, 4.69) is 109 Å². The Labute approximate surface area is 290 Å². The van der Waals surface area contributed by atoms with E-state index in [1.54, 1.807) is 0 Å². The van der Waals surface area contributed by atoms with Crippen molar-refractivity contribution < 1.29 is 4.42 Å². The molecule has 0 N–H and O–H groups in total. The number of hydrogen-bond acceptors (Lipinski definition) is 4. The van der Waals surface area contributed by atoms with Crippen LogP contribution in [-0.2, 0) is 0 Å². The predicted molar refractivity (Wildman–Crippen MR) is 209 cm³/mol. The third-order valence-corrected chi connectivity index (χ3v) is 9.47. The molecule has 0 radical (unpaired) electrons. The molecule has 0 fully saturated rings. The first-order valence-electron chi connectivity index (χ1n) is 17.1. The molecule has 238 valence electrons. The maximum atomic E-state index is 6.74. The van der Waals surface area contributed by atoms with Crippen LogP contribution in [0.5, 0.6) is 0 Å². The Kier molecular flexibility index (Phi) is 7.47. The lowest BCUT2D eigenvalue weighted by Crippen LogP contribution is -2.03. The van der Waals surface area contributed by atoms with Gasteiger partial charge in [-0.3, -0.25) is 0 Å². The van der Waals surface area contributed by atoms with E-state index < -0.39 is 0 Å². The number of allylic oxidation sites excluding steroid dienone is 7. The summed E-state index contributed by atoms with van der Waals surface area (Å²) in [6.45, 7) is 2.03. The highest BCUT2D eigenvalue weighted by atomic mass is 16.3. The summed E-state index contributed by atoms with van der Waals surface area (Å²) in [5.74, 6) is 1.96. The van der Waals surface area contributed by atoms with E-state index in [0.29, 0.717) is 17.5 Å². The zero-order valence-electron chi connectivity index (χ0n) is 27.7. The summed E-state index contributed by atoms with van der Waals surface area (Å²) in [7, 11) is 0. The molecule has 2 heterocycles. The molecule has 0 saturated heterocycles. The number of hydrogen-bond donors (Lipinski definition) is 0. The van der Waals surface area contributed by atoms with Crippen molar-refractivity contribution in [2.45, 2.75) is 19.8 Å². The number of fused-ring (bicyclic) bond motifs is 6. The highest BCUT2D eigenvalue weighted by Crippen LogP contribution is 2.41. The molecule has 4 nitrogen and oxygen atoms in total. The second kappa shape index (κ2) is 12.6. The molecule has 0 bridgehead atoms. The largest absolute Gasteiger partial charge is 0.455 e. The van der Waals surface area contributed by atoms with E-state index in [1.165, 1.54) is 27.1 Å². The van der Waals surface area contributed by atoms with Gasteiger partial charge >= 0.3 is 0 Å². The Bertz CT molecular complexity index is 2710. The maximum absolute atomic E-state index is 6.74. The van der Waals surface area contributed by atoms with Gasteiger partial charge in [-0.2, -0.15) is 0 Å². The minimum absolute atomic E-state index is 0.628. The molecular formula is C46H33N3O. The lowest BCUT2D eigenvalue weighted by atomic mass is 9.93. The molecule has 8 aromatic rings. The molecule has 0 aliphatic heterocycles. The number of furan rings is 1. The summed E-state index contributed by atoms with van der Waals surface area (Å²) in [6.07, 6.45) is 16.9. The Morgan fingerprint density at radius 1 is 0.600 bits per heavy atom. The van der Waals surface area contributed by atoms with E-state index in [1.807, 2.05) is 55.5 Å². The highest BCUT2D eigenvalue weighted by Gasteiger charge is 2.20. The SMILES string of the molecule is C/C=C\C=C/c1cc2ccccc2c2cc(-c3cccc4c3oc3cccc(-c5nc(C6=CCCC=C6)nc(-c6ccccc6)n5)c34)ccc12. The van der Waals surface area contributed by atoms with Gasteiger partial charge in [-0.15, -0.1) is 0 Å². The summed E-state index contributed by atoms with van der Waals surface area (Å²) in [5, 5.41) is 6.91. The molecule has 50 heavy (non-hydrogen) atoms. The maximum Gasteiger partial charge on any atom is 0.164 e. The van der Waals surface area contributed by atoms with Crippen LogP contribution >= 0.6 is 0 Å². The molecule has 0 atom stereocenters. The zero-order valence-corrected chi connectivity index (χ0v) is 27.7. The van der Waals surface area contributed by atoms with Gasteiger partial charge in [0.25, 0.3) is 0 Å². The standard InChI is InChI=1S/C46H33N3O/c1-2-3-6-19-33-28-32-20-11-12-21-35(32)40-29-34(26-27-36(33)40)37-22-13-23-38-42-39(24-14-25-41(42)50-43(37)38)46-48-44(30-15-7-4-8-16-30)47-45(49-46)31-17-9-5-10-18-31/h2-4,6-9,11-29H,5,10H2,1H3/b3-2-,19-6-. The molecule has 4 heteroatoms.